The fraction of sp³-hybridized carbons (Fsp3) is 0. The van der Waals surface area contributed by atoms with Gasteiger partial charge in [-0.15, -0.1) is 0 Å². The molecule has 3 aromatic rings. The minimum absolute atomic E-state index is 0.170. The average Bonchev–Trinajstić information content (AvgIpc) is 3.17. The number of carbonyl (C=O) groups excluding carboxylic acids is 4. The zero-order valence-corrected chi connectivity index (χ0v) is 14.6. The molecule has 0 aromatic heterocycles. The van der Waals surface area contributed by atoms with E-state index in [1.807, 2.05) is 0 Å². The minimum Gasteiger partial charge on any atom is -0.457 e. The zero-order valence-electron chi connectivity index (χ0n) is 14.6. The number of fused-ring (bicyclic) bond motifs is 2. The predicted molar refractivity (Wildman–Crippen MR) is 97.9 cm³/mol. The largest absolute Gasteiger partial charge is 0.457 e. The summed E-state index contributed by atoms with van der Waals surface area (Å²) in [6, 6.07) is 16.5. The van der Waals surface area contributed by atoms with Crippen molar-refractivity contribution in [2.75, 3.05) is 0 Å². The molecule has 2 aliphatic heterocycles. The van der Waals surface area contributed by atoms with Gasteiger partial charge in [0.2, 0.25) is 0 Å². The van der Waals surface area contributed by atoms with Gasteiger partial charge in [0.05, 0.1) is 22.3 Å². The van der Waals surface area contributed by atoms with Crippen molar-refractivity contribution in [1.82, 2.24) is 0 Å². The molecule has 0 amide bonds. The molecule has 2 aliphatic rings. The Labute approximate surface area is 163 Å². The van der Waals surface area contributed by atoms with Gasteiger partial charge in [0.15, 0.2) is 0 Å². The summed E-state index contributed by atoms with van der Waals surface area (Å²) in [4.78, 5) is 46.4. The summed E-state index contributed by atoms with van der Waals surface area (Å²) >= 11 is 0. The highest BCUT2D eigenvalue weighted by Gasteiger charge is 2.30. The first-order chi connectivity index (χ1) is 14.0. The summed E-state index contributed by atoms with van der Waals surface area (Å²) in [7, 11) is 0. The van der Waals surface area contributed by atoms with Crippen LogP contribution in [0, 0.1) is 0 Å². The first-order valence-electron chi connectivity index (χ1n) is 8.59. The van der Waals surface area contributed by atoms with Gasteiger partial charge in [-0.05, 0) is 53.6 Å². The molecule has 5 rings (SSSR count). The van der Waals surface area contributed by atoms with Crippen molar-refractivity contribution in [3.05, 3.63) is 82.9 Å². The van der Waals surface area contributed by atoms with Gasteiger partial charge in [0.25, 0.3) is 0 Å². The lowest BCUT2D eigenvalue weighted by Gasteiger charge is -2.08. The molecule has 7 nitrogen and oxygen atoms in total. The van der Waals surface area contributed by atoms with E-state index in [-0.39, 0.29) is 22.3 Å². The van der Waals surface area contributed by atoms with Gasteiger partial charge in [-0.25, -0.2) is 19.2 Å². The van der Waals surface area contributed by atoms with Gasteiger partial charge in [-0.1, -0.05) is 18.2 Å². The van der Waals surface area contributed by atoms with E-state index in [4.69, 9.17) is 4.74 Å². The van der Waals surface area contributed by atoms with Gasteiger partial charge >= 0.3 is 23.9 Å². The lowest BCUT2D eigenvalue weighted by molar-refractivity contribution is 0.0425. The Morgan fingerprint density at radius 3 is 1.62 bits per heavy atom. The maximum Gasteiger partial charge on any atom is 0.347 e. The molecule has 0 spiro atoms. The molecule has 0 bridgehead atoms. The molecule has 3 aromatic carbocycles. The van der Waals surface area contributed by atoms with Crippen LogP contribution in [0.3, 0.4) is 0 Å². The van der Waals surface area contributed by atoms with Crippen LogP contribution in [0.25, 0.3) is 11.1 Å². The van der Waals surface area contributed by atoms with E-state index in [0.29, 0.717) is 11.5 Å². The van der Waals surface area contributed by atoms with Crippen LogP contribution in [0.2, 0.25) is 0 Å². The van der Waals surface area contributed by atoms with Crippen LogP contribution in [0.1, 0.15) is 41.4 Å². The summed E-state index contributed by atoms with van der Waals surface area (Å²) in [5.74, 6) is -1.75. The molecule has 140 valence electrons. The number of benzene rings is 3. The molecular weight excluding hydrogens is 376 g/mol. The molecule has 0 atom stereocenters. The van der Waals surface area contributed by atoms with Crippen LogP contribution in [-0.2, 0) is 9.47 Å². The summed E-state index contributed by atoms with van der Waals surface area (Å²) in [6.07, 6.45) is 0. The quantitative estimate of drug-likeness (QED) is 0.499. The molecule has 7 heteroatoms. The molecule has 0 aliphatic carbocycles. The highest BCUT2D eigenvalue weighted by atomic mass is 16.6. The van der Waals surface area contributed by atoms with Gasteiger partial charge in [0.1, 0.15) is 11.5 Å². The molecule has 0 unspecified atom stereocenters. The third-order valence-corrected chi connectivity index (χ3v) is 4.68. The summed E-state index contributed by atoms with van der Waals surface area (Å²) in [6.45, 7) is 0. The van der Waals surface area contributed by atoms with Crippen LogP contribution in [0.15, 0.2) is 60.7 Å². The standard InChI is InChI=1S/C22H10O7/c23-19-15-7-3-12(9-17(15)21(25)28-19)11-1-4-13(5-2-11)27-14-6-8-16-18(10-14)22(26)29-20(16)24/h1-10H. The number of esters is 4. The van der Waals surface area contributed by atoms with Crippen LogP contribution < -0.4 is 4.74 Å². The Bertz CT molecular complexity index is 1240. The zero-order chi connectivity index (χ0) is 20.1. The Morgan fingerprint density at radius 2 is 0.966 bits per heavy atom. The number of cyclic esters (lactones) is 4. The second-order valence-electron chi connectivity index (χ2n) is 6.45. The van der Waals surface area contributed by atoms with Crippen molar-refractivity contribution in [2.24, 2.45) is 0 Å². The number of ether oxygens (including phenoxy) is 3. The monoisotopic (exact) mass is 386 g/mol. The molecular formula is C22H10O7. The van der Waals surface area contributed by atoms with E-state index in [1.54, 1.807) is 48.5 Å². The molecule has 2 heterocycles. The summed E-state index contributed by atoms with van der Waals surface area (Å²) in [5, 5.41) is 0. The van der Waals surface area contributed by atoms with E-state index in [9.17, 15) is 19.2 Å². The molecule has 0 N–H and O–H groups in total. The fourth-order valence-corrected chi connectivity index (χ4v) is 3.24. The molecule has 0 fully saturated rings. The average molecular weight is 386 g/mol. The van der Waals surface area contributed by atoms with Gasteiger partial charge in [-0.2, -0.15) is 0 Å². The highest BCUT2D eigenvalue weighted by Crippen LogP contribution is 2.31. The third-order valence-electron chi connectivity index (χ3n) is 4.68. The number of hydrogen-bond acceptors (Lipinski definition) is 7. The van der Waals surface area contributed by atoms with Crippen molar-refractivity contribution < 1.29 is 33.4 Å². The van der Waals surface area contributed by atoms with E-state index >= 15 is 0 Å². The summed E-state index contributed by atoms with van der Waals surface area (Å²) < 4.78 is 14.9. The first kappa shape index (κ1) is 16.9. The van der Waals surface area contributed by atoms with E-state index in [1.165, 1.54) is 12.1 Å². The van der Waals surface area contributed by atoms with Crippen LogP contribution in [-0.4, -0.2) is 23.9 Å². The maximum absolute atomic E-state index is 11.7. The Balaban J connectivity index is 1.39. The van der Waals surface area contributed by atoms with Crippen molar-refractivity contribution in [1.29, 1.82) is 0 Å². The van der Waals surface area contributed by atoms with Crippen molar-refractivity contribution in [3.63, 3.8) is 0 Å². The van der Waals surface area contributed by atoms with E-state index in [0.717, 1.165) is 11.1 Å². The number of rotatable bonds is 3. The van der Waals surface area contributed by atoms with Crippen molar-refractivity contribution in [2.45, 2.75) is 0 Å². The smallest absolute Gasteiger partial charge is 0.347 e. The second-order valence-corrected chi connectivity index (χ2v) is 6.45. The summed E-state index contributed by atoms with van der Waals surface area (Å²) in [5.41, 5.74) is 2.45. The Hall–Kier alpha value is -4.26. The maximum atomic E-state index is 11.7. The van der Waals surface area contributed by atoms with E-state index in [2.05, 4.69) is 9.47 Å². The molecule has 0 saturated carbocycles. The fourth-order valence-electron chi connectivity index (χ4n) is 3.24. The normalized spacial score (nSPS) is 14.3. The lowest BCUT2D eigenvalue weighted by atomic mass is 10.00. The van der Waals surface area contributed by atoms with E-state index < -0.39 is 23.9 Å². The number of hydrogen-bond donors (Lipinski definition) is 0. The minimum atomic E-state index is -0.695. The van der Waals surface area contributed by atoms with Gasteiger partial charge in [0, 0.05) is 0 Å². The third kappa shape index (κ3) is 2.76. The highest BCUT2D eigenvalue weighted by molar-refractivity contribution is 6.15. The van der Waals surface area contributed by atoms with Crippen LogP contribution >= 0.6 is 0 Å². The lowest BCUT2D eigenvalue weighted by Crippen LogP contribution is -1.96. The predicted octanol–water partition coefficient (Wildman–Crippen LogP) is 3.77. The number of carbonyl (C=O) groups is 4. The van der Waals surface area contributed by atoms with Crippen molar-refractivity contribution in [3.8, 4) is 22.6 Å². The second kappa shape index (κ2) is 6.13. The first-order valence-corrected chi connectivity index (χ1v) is 8.59. The van der Waals surface area contributed by atoms with Crippen LogP contribution in [0.5, 0.6) is 11.5 Å². The van der Waals surface area contributed by atoms with Gasteiger partial charge in [-0.3, -0.25) is 0 Å². The molecule has 0 radical (unpaired) electrons. The topological polar surface area (TPSA) is 96.0 Å². The molecule has 29 heavy (non-hydrogen) atoms. The van der Waals surface area contributed by atoms with Crippen molar-refractivity contribution >= 4 is 23.9 Å². The van der Waals surface area contributed by atoms with Gasteiger partial charge < -0.3 is 14.2 Å². The van der Waals surface area contributed by atoms with Crippen LogP contribution in [0.4, 0.5) is 0 Å². The Morgan fingerprint density at radius 1 is 0.483 bits per heavy atom. The Kier molecular flexibility index (Phi) is 3.57. The SMILES string of the molecule is O=C1OC(=O)c2cc(Oc3ccc(-c4ccc5c(c4)C(=O)OC5=O)cc3)ccc21. The molecule has 0 saturated heterocycles.